The highest BCUT2D eigenvalue weighted by molar-refractivity contribution is 6.30. The van der Waals surface area contributed by atoms with E-state index in [9.17, 15) is 14.7 Å². The molecule has 146 valence electrons. The largest absolute Gasteiger partial charge is 0.396 e. The summed E-state index contributed by atoms with van der Waals surface area (Å²) < 4.78 is 0. The number of amides is 1. The molecule has 1 aromatic heterocycles. The number of rotatable bonds is 6. The van der Waals surface area contributed by atoms with E-state index < -0.39 is 5.91 Å². The Hall–Kier alpha value is -2.63. The number of halogens is 1. The van der Waals surface area contributed by atoms with Crippen LogP contribution in [0, 0.1) is 0 Å². The van der Waals surface area contributed by atoms with Gasteiger partial charge in [0.1, 0.15) is 5.56 Å². The summed E-state index contributed by atoms with van der Waals surface area (Å²) in [4.78, 5) is 28.5. The molecular weight excluding hydrogens is 376 g/mol. The molecular formula is C22H23ClN2O3. The van der Waals surface area contributed by atoms with E-state index in [4.69, 9.17) is 11.6 Å². The van der Waals surface area contributed by atoms with Crippen molar-refractivity contribution in [1.29, 1.82) is 0 Å². The van der Waals surface area contributed by atoms with Crippen molar-refractivity contribution in [3.63, 3.8) is 0 Å². The zero-order valence-corrected chi connectivity index (χ0v) is 16.6. The molecule has 5 nitrogen and oxygen atoms in total. The van der Waals surface area contributed by atoms with Crippen LogP contribution in [0.1, 0.15) is 41.8 Å². The lowest BCUT2D eigenvalue weighted by atomic mass is 9.81. The molecule has 0 atom stereocenters. The van der Waals surface area contributed by atoms with Crippen LogP contribution < -0.4 is 10.7 Å². The molecule has 0 radical (unpaired) electrons. The van der Waals surface area contributed by atoms with Crippen LogP contribution in [0.2, 0.25) is 5.02 Å². The van der Waals surface area contributed by atoms with Crippen molar-refractivity contribution < 1.29 is 9.90 Å². The Morgan fingerprint density at radius 2 is 1.89 bits per heavy atom. The van der Waals surface area contributed by atoms with Gasteiger partial charge in [0.15, 0.2) is 0 Å². The van der Waals surface area contributed by atoms with Gasteiger partial charge in [-0.05, 0) is 47.2 Å². The number of pyridine rings is 1. The van der Waals surface area contributed by atoms with Gasteiger partial charge in [0.05, 0.1) is 0 Å². The van der Waals surface area contributed by atoms with Gasteiger partial charge in [-0.2, -0.15) is 0 Å². The first-order chi connectivity index (χ1) is 13.3. The molecule has 28 heavy (non-hydrogen) atoms. The molecule has 6 heteroatoms. The molecule has 2 aromatic carbocycles. The van der Waals surface area contributed by atoms with Crippen LogP contribution in [-0.2, 0) is 12.0 Å². The molecule has 0 aliphatic heterocycles. The van der Waals surface area contributed by atoms with Gasteiger partial charge >= 0.3 is 0 Å². The molecule has 0 spiro atoms. The minimum atomic E-state index is -0.432. The lowest BCUT2D eigenvalue weighted by molar-refractivity contribution is 0.0949. The number of nitrogens with one attached hydrogen (secondary N) is 2. The Labute approximate surface area is 168 Å². The SMILES string of the molecule is CC(C)(CCO)c1ccc2[nH]cc(C(=O)NCc3ccc(Cl)cc3)c(=O)c2c1. The van der Waals surface area contributed by atoms with Crippen LogP contribution in [-0.4, -0.2) is 22.6 Å². The molecule has 3 aromatic rings. The van der Waals surface area contributed by atoms with Crippen molar-refractivity contribution in [2.24, 2.45) is 0 Å². The fraction of sp³-hybridized carbons (Fsp3) is 0.273. The number of aliphatic hydroxyl groups is 1. The summed E-state index contributed by atoms with van der Waals surface area (Å²) in [5, 5.41) is 13.1. The first-order valence-electron chi connectivity index (χ1n) is 9.11. The molecule has 1 heterocycles. The lowest BCUT2D eigenvalue weighted by Crippen LogP contribution is -2.28. The van der Waals surface area contributed by atoms with Crippen molar-refractivity contribution in [1.82, 2.24) is 10.3 Å². The topological polar surface area (TPSA) is 82.2 Å². The Balaban J connectivity index is 1.88. The number of hydrogen-bond donors (Lipinski definition) is 3. The van der Waals surface area contributed by atoms with Crippen LogP contribution >= 0.6 is 11.6 Å². The van der Waals surface area contributed by atoms with Crippen LogP contribution in [0.4, 0.5) is 0 Å². The monoisotopic (exact) mass is 398 g/mol. The maximum Gasteiger partial charge on any atom is 0.257 e. The second-order valence-corrected chi connectivity index (χ2v) is 7.89. The van der Waals surface area contributed by atoms with Crippen molar-refractivity contribution in [2.75, 3.05) is 6.61 Å². The highest BCUT2D eigenvalue weighted by atomic mass is 35.5. The maximum absolute atomic E-state index is 12.9. The van der Waals surface area contributed by atoms with E-state index in [0.717, 1.165) is 11.1 Å². The van der Waals surface area contributed by atoms with E-state index >= 15 is 0 Å². The number of benzene rings is 2. The molecule has 0 saturated heterocycles. The molecule has 3 N–H and O–H groups in total. The predicted molar refractivity (Wildman–Crippen MR) is 112 cm³/mol. The average molecular weight is 399 g/mol. The molecule has 0 fully saturated rings. The minimum absolute atomic E-state index is 0.0640. The summed E-state index contributed by atoms with van der Waals surface area (Å²) in [5.74, 6) is -0.432. The normalized spacial score (nSPS) is 11.6. The Bertz CT molecular complexity index is 1060. The van der Waals surface area contributed by atoms with Crippen molar-refractivity contribution in [3.05, 3.63) is 80.6 Å². The number of fused-ring (bicyclic) bond motifs is 1. The standard InChI is InChI=1S/C22H23ClN2O3/c1-22(2,9-10-26)15-5-8-19-17(11-15)20(27)18(13-24-19)21(28)25-12-14-3-6-16(23)7-4-14/h3-8,11,13,26H,9-10,12H2,1-2H3,(H,24,27)(H,25,28). The fourth-order valence-corrected chi connectivity index (χ4v) is 3.24. The second kappa shape index (κ2) is 8.17. The van der Waals surface area contributed by atoms with E-state index in [1.165, 1.54) is 6.20 Å². The van der Waals surface area contributed by atoms with Crippen LogP contribution in [0.3, 0.4) is 0 Å². The predicted octanol–water partition coefficient (Wildman–Crippen LogP) is 3.77. The van der Waals surface area contributed by atoms with Gasteiger partial charge in [-0.1, -0.05) is 43.6 Å². The summed E-state index contributed by atoms with van der Waals surface area (Å²) in [6.07, 6.45) is 2.03. The molecule has 0 bridgehead atoms. The summed E-state index contributed by atoms with van der Waals surface area (Å²) in [7, 11) is 0. The smallest absolute Gasteiger partial charge is 0.257 e. The first kappa shape index (κ1) is 20.1. The number of aliphatic hydroxyl groups excluding tert-OH is 1. The summed E-state index contributed by atoms with van der Waals surface area (Å²) in [6.45, 7) is 4.40. The fourth-order valence-electron chi connectivity index (χ4n) is 3.11. The zero-order chi connectivity index (χ0) is 20.3. The van der Waals surface area contributed by atoms with E-state index in [0.29, 0.717) is 28.9 Å². The highest BCUT2D eigenvalue weighted by Crippen LogP contribution is 2.28. The summed E-state index contributed by atoms with van der Waals surface area (Å²) >= 11 is 5.86. The van der Waals surface area contributed by atoms with E-state index in [2.05, 4.69) is 10.3 Å². The van der Waals surface area contributed by atoms with Gasteiger partial charge in [-0.25, -0.2) is 0 Å². The Kier molecular flexibility index (Phi) is 5.87. The van der Waals surface area contributed by atoms with Gasteiger partial charge in [-0.3, -0.25) is 9.59 Å². The quantitative estimate of drug-likeness (QED) is 0.591. The van der Waals surface area contributed by atoms with Crippen LogP contribution in [0.15, 0.2) is 53.5 Å². The first-order valence-corrected chi connectivity index (χ1v) is 9.49. The summed E-state index contributed by atoms with van der Waals surface area (Å²) in [6, 6.07) is 12.7. The number of hydrogen-bond acceptors (Lipinski definition) is 3. The average Bonchev–Trinajstić information content (AvgIpc) is 2.67. The molecule has 0 aliphatic carbocycles. The highest BCUT2D eigenvalue weighted by Gasteiger charge is 2.21. The zero-order valence-electron chi connectivity index (χ0n) is 15.9. The van der Waals surface area contributed by atoms with Crippen LogP contribution in [0.25, 0.3) is 10.9 Å². The van der Waals surface area contributed by atoms with Gasteiger partial charge in [0.2, 0.25) is 5.43 Å². The van der Waals surface area contributed by atoms with Crippen molar-refractivity contribution >= 4 is 28.4 Å². The van der Waals surface area contributed by atoms with E-state index in [1.807, 2.05) is 38.1 Å². The number of carbonyl (C=O) groups is 1. The third kappa shape index (κ3) is 4.26. The molecule has 3 rings (SSSR count). The maximum atomic E-state index is 12.9. The third-order valence-corrected chi connectivity index (χ3v) is 5.26. The van der Waals surface area contributed by atoms with Crippen LogP contribution in [0.5, 0.6) is 0 Å². The van der Waals surface area contributed by atoms with Gasteiger partial charge < -0.3 is 15.4 Å². The van der Waals surface area contributed by atoms with E-state index in [1.54, 1.807) is 18.2 Å². The Morgan fingerprint density at radius 1 is 1.18 bits per heavy atom. The molecule has 0 saturated carbocycles. The molecule has 0 unspecified atom stereocenters. The number of H-pyrrole nitrogens is 1. The van der Waals surface area contributed by atoms with Gasteiger partial charge in [0.25, 0.3) is 5.91 Å². The van der Waals surface area contributed by atoms with Gasteiger partial charge in [-0.15, -0.1) is 0 Å². The van der Waals surface area contributed by atoms with Gasteiger partial charge in [0, 0.05) is 35.3 Å². The van der Waals surface area contributed by atoms with Crippen molar-refractivity contribution in [3.8, 4) is 0 Å². The number of carbonyl (C=O) groups excluding carboxylic acids is 1. The van der Waals surface area contributed by atoms with E-state index in [-0.39, 0.29) is 23.0 Å². The number of aromatic nitrogens is 1. The Morgan fingerprint density at radius 3 is 2.57 bits per heavy atom. The molecule has 0 aliphatic rings. The molecule has 1 amide bonds. The number of aromatic amines is 1. The lowest BCUT2D eigenvalue weighted by Gasteiger charge is -2.24. The van der Waals surface area contributed by atoms with Crippen molar-refractivity contribution in [2.45, 2.75) is 32.2 Å². The second-order valence-electron chi connectivity index (χ2n) is 7.46. The summed E-state index contributed by atoms with van der Waals surface area (Å²) in [5.41, 5.74) is 1.98. The third-order valence-electron chi connectivity index (χ3n) is 5.01. The minimum Gasteiger partial charge on any atom is -0.396 e.